The Morgan fingerprint density at radius 3 is 2.65 bits per heavy atom. The smallest absolute Gasteiger partial charge is 0.309 e. The molecule has 1 aromatic carbocycles. The number of benzene rings is 1. The second-order valence-corrected chi connectivity index (χ2v) is 7.30. The fourth-order valence-electron chi connectivity index (χ4n) is 4.37. The van der Waals surface area contributed by atoms with Crippen molar-refractivity contribution in [2.75, 3.05) is 33.3 Å². The zero-order chi connectivity index (χ0) is 18.7. The maximum atomic E-state index is 12.1. The van der Waals surface area contributed by atoms with Gasteiger partial charge in [-0.25, -0.2) is 0 Å². The van der Waals surface area contributed by atoms with E-state index in [0.29, 0.717) is 19.4 Å². The molecule has 6 heteroatoms. The largest absolute Gasteiger partial charge is 0.492 e. The molecule has 2 aliphatic rings. The van der Waals surface area contributed by atoms with Crippen molar-refractivity contribution >= 4 is 11.9 Å². The van der Waals surface area contributed by atoms with Crippen LogP contribution in [0.1, 0.15) is 31.7 Å². The van der Waals surface area contributed by atoms with Crippen LogP contribution in [0.3, 0.4) is 0 Å². The number of carbonyl (C=O) groups is 2. The molecule has 0 bridgehead atoms. The van der Waals surface area contributed by atoms with Crippen LogP contribution < -0.4 is 4.74 Å². The lowest BCUT2D eigenvalue weighted by molar-refractivity contribution is -0.146. The van der Waals surface area contributed by atoms with E-state index in [4.69, 9.17) is 4.74 Å². The Kier molecular flexibility index (Phi) is 5.51. The summed E-state index contributed by atoms with van der Waals surface area (Å²) >= 11 is 0. The van der Waals surface area contributed by atoms with E-state index in [0.717, 1.165) is 31.8 Å². The molecular formula is C20H28N2O4. The number of ether oxygens (including phenoxy) is 1. The Balaban J connectivity index is 1.54. The fraction of sp³-hybridized carbons (Fsp3) is 0.600. The number of para-hydroxylation sites is 1. The van der Waals surface area contributed by atoms with Crippen molar-refractivity contribution in [2.45, 2.75) is 38.1 Å². The fourth-order valence-corrected chi connectivity index (χ4v) is 4.37. The maximum Gasteiger partial charge on any atom is 0.309 e. The molecular weight excluding hydrogens is 332 g/mol. The number of carboxylic acid groups (broad SMARTS) is 1. The molecule has 0 unspecified atom stereocenters. The topological polar surface area (TPSA) is 70.1 Å². The number of likely N-dealkylation sites (tertiary alicyclic amines) is 2. The standard InChI is InChI=1S/C20H28N2O4/c1-3-15-6-4-5-7-17(15)26-13-12-22-10-8-20(9-11-22)16(19(24)25)14-18(23)21(20)2/h4-7,16H,3,8-14H2,1-2H3,(H,24,25)/t16-/m0/s1. The Morgan fingerprint density at radius 1 is 1.31 bits per heavy atom. The summed E-state index contributed by atoms with van der Waals surface area (Å²) in [6.45, 7) is 5.12. The van der Waals surface area contributed by atoms with Crippen LogP contribution in [0.5, 0.6) is 5.75 Å². The summed E-state index contributed by atoms with van der Waals surface area (Å²) in [6.07, 6.45) is 2.48. The molecule has 1 spiro atoms. The first-order valence-electron chi connectivity index (χ1n) is 9.40. The van der Waals surface area contributed by atoms with Crippen molar-refractivity contribution in [3.63, 3.8) is 0 Å². The Labute approximate surface area is 154 Å². The molecule has 1 aromatic rings. The second kappa shape index (κ2) is 7.66. The average Bonchev–Trinajstić information content (AvgIpc) is 2.89. The van der Waals surface area contributed by atoms with Crippen molar-refractivity contribution in [3.05, 3.63) is 29.8 Å². The molecule has 26 heavy (non-hydrogen) atoms. The summed E-state index contributed by atoms with van der Waals surface area (Å²) < 4.78 is 5.94. The van der Waals surface area contributed by atoms with Crippen LogP contribution in [0.2, 0.25) is 0 Å². The Hall–Kier alpha value is -2.08. The third-order valence-corrected chi connectivity index (χ3v) is 6.11. The van der Waals surface area contributed by atoms with Crippen LogP contribution in [-0.2, 0) is 16.0 Å². The highest BCUT2D eigenvalue weighted by molar-refractivity contribution is 5.88. The highest BCUT2D eigenvalue weighted by Gasteiger charge is 2.55. The average molecular weight is 360 g/mol. The van der Waals surface area contributed by atoms with Gasteiger partial charge in [-0.15, -0.1) is 0 Å². The molecule has 0 radical (unpaired) electrons. The number of rotatable bonds is 6. The van der Waals surface area contributed by atoms with Crippen LogP contribution >= 0.6 is 0 Å². The number of nitrogens with zero attached hydrogens (tertiary/aromatic N) is 2. The number of hydrogen-bond acceptors (Lipinski definition) is 4. The number of carbonyl (C=O) groups excluding carboxylic acids is 1. The van der Waals surface area contributed by atoms with Gasteiger partial charge in [0.1, 0.15) is 12.4 Å². The zero-order valence-corrected chi connectivity index (χ0v) is 15.6. The summed E-state index contributed by atoms with van der Waals surface area (Å²) in [4.78, 5) is 27.7. The van der Waals surface area contributed by atoms with Crippen molar-refractivity contribution in [2.24, 2.45) is 5.92 Å². The van der Waals surface area contributed by atoms with Gasteiger partial charge < -0.3 is 14.7 Å². The van der Waals surface area contributed by atoms with Gasteiger partial charge in [-0.1, -0.05) is 25.1 Å². The van der Waals surface area contributed by atoms with Gasteiger partial charge in [0.05, 0.1) is 11.5 Å². The van der Waals surface area contributed by atoms with Crippen LogP contribution in [0.25, 0.3) is 0 Å². The highest BCUT2D eigenvalue weighted by Crippen LogP contribution is 2.42. The van der Waals surface area contributed by atoms with E-state index in [1.165, 1.54) is 5.56 Å². The quantitative estimate of drug-likeness (QED) is 0.841. The van der Waals surface area contributed by atoms with Gasteiger partial charge in [-0.05, 0) is 30.9 Å². The summed E-state index contributed by atoms with van der Waals surface area (Å²) in [6, 6.07) is 8.09. The predicted molar refractivity (Wildman–Crippen MR) is 98.2 cm³/mol. The first-order chi connectivity index (χ1) is 12.5. The highest BCUT2D eigenvalue weighted by atomic mass is 16.5. The van der Waals surface area contributed by atoms with Gasteiger partial charge in [0, 0.05) is 33.1 Å². The lowest BCUT2D eigenvalue weighted by Gasteiger charge is -2.45. The van der Waals surface area contributed by atoms with E-state index in [-0.39, 0.29) is 12.3 Å². The Bertz CT molecular complexity index is 668. The number of aryl methyl sites for hydroxylation is 1. The summed E-state index contributed by atoms with van der Waals surface area (Å²) in [5.41, 5.74) is 0.690. The monoisotopic (exact) mass is 360 g/mol. The number of aliphatic carboxylic acids is 1. The minimum absolute atomic E-state index is 0.0506. The zero-order valence-electron chi connectivity index (χ0n) is 15.6. The number of hydrogen-bond donors (Lipinski definition) is 1. The van der Waals surface area contributed by atoms with Crippen LogP contribution in [0.4, 0.5) is 0 Å². The molecule has 0 aromatic heterocycles. The third-order valence-electron chi connectivity index (χ3n) is 6.11. The van der Waals surface area contributed by atoms with Crippen molar-refractivity contribution in [1.29, 1.82) is 0 Å². The van der Waals surface area contributed by atoms with E-state index in [9.17, 15) is 14.7 Å². The molecule has 2 fully saturated rings. The molecule has 2 aliphatic heterocycles. The van der Waals surface area contributed by atoms with Crippen molar-refractivity contribution in [3.8, 4) is 5.75 Å². The number of amides is 1. The Morgan fingerprint density at radius 2 is 2.00 bits per heavy atom. The summed E-state index contributed by atoms with van der Waals surface area (Å²) in [5.74, 6) is -0.550. The van der Waals surface area contributed by atoms with Gasteiger partial charge in [-0.3, -0.25) is 14.5 Å². The van der Waals surface area contributed by atoms with Crippen molar-refractivity contribution in [1.82, 2.24) is 9.80 Å². The van der Waals surface area contributed by atoms with E-state index in [1.54, 1.807) is 11.9 Å². The number of piperidine rings is 1. The first kappa shape index (κ1) is 18.7. The van der Waals surface area contributed by atoms with Crippen LogP contribution in [0.15, 0.2) is 24.3 Å². The van der Waals surface area contributed by atoms with Gasteiger partial charge in [0.25, 0.3) is 0 Å². The van der Waals surface area contributed by atoms with E-state index < -0.39 is 17.4 Å². The molecule has 142 valence electrons. The SMILES string of the molecule is CCc1ccccc1OCCN1CCC2(CC1)[C@H](C(=O)O)CC(=O)N2C. The van der Waals surface area contributed by atoms with Gasteiger partial charge in [-0.2, -0.15) is 0 Å². The minimum Gasteiger partial charge on any atom is -0.492 e. The molecule has 2 saturated heterocycles. The molecule has 0 saturated carbocycles. The molecule has 0 aliphatic carbocycles. The van der Waals surface area contributed by atoms with E-state index in [2.05, 4.69) is 17.9 Å². The summed E-state index contributed by atoms with van der Waals surface area (Å²) in [7, 11) is 1.76. The molecule has 1 amide bonds. The number of carboxylic acids is 1. The molecule has 1 atom stereocenters. The molecule has 6 nitrogen and oxygen atoms in total. The predicted octanol–water partition coefficient (Wildman–Crippen LogP) is 2.03. The van der Waals surface area contributed by atoms with Crippen LogP contribution in [0, 0.1) is 5.92 Å². The lowest BCUT2D eigenvalue weighted by Crippen LogP contribution is -2.56. The van der Waals surface area contributed by atoms with Gasteiger partial charge in [0.15, 0.2) is 0 Å². The minimum atomic E-state index is -0.851. The lowest BCUT2D eigenvalue weighted by atomic mass is 9.77. The molecule has 2 heterocycles. The van der Waals surface area contributed by atoms with E-state index >= 15 is 0 Å². The molecule has 3 rings (SSSR count). The second-order valence-electron chi connectivity index (χ2n) is 7.30. The molecule has 1 N–H and O–H groups in total. The third kappa shape index (κ3) is 3.43. The summed E-state index contributed by atoms with van der Waals surface area (Å²) in [5, 5.41) is 9.54. The van der Waals surface area contributed by atoms with Crippen LogP contribution in [-0.4, -0.2) is 65.6 Å². The van der Waals surface area contributed by atoms with Crippen molar-refractivity contribution < 1.29 is 19.4 Å². The maximum absolute atomic E-state index is 12.1. The first-order valence-corrected chi connectivity index (χ1v) is 9.40. The van der Waals surface area contributed by atoms with Gasteiger partial charge >= 0.3 is 5.97 Å². The van der Waals surface area contributed by atoms with Gasteiger partial charge in [0.2, 0.25) is 5.91 Å². The normalized spacial score (nSPS) is 22.8. The van der Waals surface area contributed by atoms with E-state index in [1.807, 2.05) is 18.2 Å².